The quantitative estimate of drug-likeness (QED) is 0.584. The van der Waals surface area contributed by atoms with Crippen LogP contribution >= 0.6 is 0 Å². The number of pyridine rings is 1. The Morgan fingerprint density at radius 1 is 1.09 bits per heavy atom. The molecule has 2 aliphatic heterocycles. The van der Waals surface area contributed by atoms with Gasteiger partial charge in [-0.2, -0.15) is 5.10 Å². The van der Waals surface area contributed by atoms with Crippen molar-refractivity contribution in [2.24, 2.45) is 5.41 Å². The SMILES string of the molecule is CCn1cc(N2CCC3(CCN(c4cnc5cnn(CC(F)F)c5n4)CC3)C2=O)ccc1=O. The molecule has 174 valence electrons. The molecule has 5 heterocycles. The van der Waals surface area contributed by atoms with Crippen molar-refractivity contribution in [2.45, 2.75) is 45.7 Å². The fourth-order valence-corrected chi connectivity index (χ4v) is 4.88. The van der Waals surface area contributed by atoms with Crippen LogP contribution in [0.3, 0.4) is 0 Å². The number of hydrogen-bond acceptors (Lipinski definition) is 6. The van der Waals surface area contributed by atoms with Gasteiger partial charge in [0.05, 0.1) is 23.5 Å². The molecule has 0 aliphatic carbocycles. The van der Waals surface area contributed by atoms with Crippen molar-refractivity contribution in [3.63, 3.8) is 0 Å². The van der Waals surface area contributed by atoms with E-state index < -0.39 is 18.4 Å². The minimum Gasteiger partial charge on any atom is -0.355 e. The maximum Gasteiger partial charge on any atom is 0.258 e. The molecule has 0 aromatic carbocycles. The lowest BCUT2D eigenvalue weighted by atomic mass is 9.77. The predicted molar refractivity (Wildman–Crippen MR) is 119 cm³/mol. The number of carbonyl (C=O) groups is 1. The molecular formula is C22H25F2N7O2. The summed E-state index contributed by atoms with van der Waals surface area (Å²) < 4.78 is 28.4. The van der Waals surface area contributed by atoms with Gasteiger partial charge in [-0.15, -0.1) is 0 Å². The van der Waals surface area contributed by atoms with Crippen LogP contribution in [0.2, 0.25) is 0 Å². The van der Waals surface area contributed by atoms with E-state index in [9.17, 15) is 18.4 Å². The van der Waals surface area contributed by atoms with Gasteiger partial charge in [0, 0.05) is 38.4 Å². The number of halogens is 2. The molecule has 9 nitrogen and oxygen atoms in total. The van der Waals surface area contributed by atoms with Crippen LogP contribution in [0.25, 0.3) is 11.2 Å². The minimum absolute atomic E-state index is 0.0797. The smallest absolute Gasteiger partial charge is 0.258 e. The van der Waals surface area contributed by atoms with Gasteiger partial charge >= 0.3 is 0 Å². The largest absolute Gasteiger partial charge is 0.355 e. The zero-order chi connectivity index (χ0) is 23.2. The number of carbonyl (C=O) groups excluding carboxylic acids is 1. The number of hydrogen-bond donors (Lipinski definition) is 0. The van der Waals surface area contributed by atoms with Crippen LogP contribution in [-0.4, -0.2) is 56.3 Å². The van der Waals surface area contributed by atoms with E-state index in [1.54, 1.807) is 27.9 Å². The second kappa shape index (κ2) is 8.20. The number of piperidine rings is 1. The zero-order valence-corrected chi connectivity index (χ0v) is 18.3. The second-order valence-corrected chi connectivity index (χ2v) is 8.64. The van der Waals surface area contributed by atoms with Crippen LogP contribution in [0.4, 0.5) is 20.3 Å². The van der Waals surface area contributed by atoms with E-state index in [1.807, 2.05) is 11.8 Å². The summed E-state index contributed by atoms with van der Waals surface area (Å²) in [6.07, 6.45) is 4.40. The highest BCUT2D eigenvalue weighted by atomic mass is 19.3. The van der Waals surface area contributed by atoms with Crippen molar-refractivity contribution in [1.82, 2.24) is 24.3 Å². The van der Waals surface area contributed by atoms with Gasteiger partial charge in [0.15, 0.2) is 5.65 Å². The number of aryl methyl sites for hydroxylation is 1. The lowest BCUT2D eigenvalue weighted by Crippen LogP contribution is -2.45. The summed E-state index contributed by atoms with van der Waals surface area (Å²) in [7, 11) is 0. The highest BCUT2D eigenvalue weighted by Gasteiger charge is 2.48. The standard InChI is InChI=1S/C22H25F2N7O2/c1-2-28-13-15(3-4-19(28)32)30-10-7-22(21(30)33)5-8-29(9-6-22)18-12-25-16-11-26-31(14-17(23)24)20(16)27-18/h3-4,11-13,17H,2,5-10,14H2,1H3. The van der Waals surface area contributed by atoms with Crippen molar-refractivity contribution < 1.29 is 13.6 Å². The molecule has 5 rings (SSSR count). The third-order valence-electron chi connectivity index (χ3n) is 6.82. The van der Waals surface area contributed by atoms with Gasteiger partial charge in [-0.1, -0.05) is 0 Å². The molecule has 0 unspecified atom stereocenters. The molecule has 0 atom stereocenters. The summed E-state index contributed by atoms with van der Waals surface area (Å²) in [5.74, 6) is 0.700. The third kappa shape index (κ3) is 3.75. The van der Waals surface area contributed by atoms with Crippen LogP contribution in [0.1, 0.15) is 26.2 Å². The van der Waals surface area contributed by atoms with E-state index in [-0.39, 0.29) is 11.5 Å². The number of anilines is 2. The molecule has 3 aromatic rings. The molecule has 33 heavy (non-hydrogen) atoms. The Labute approximate surface area is 188 Å². The number of aromatic nitrogens is 5. The number of fused-ring (bicyclic) bond motifs is 1. The highest BCUT2D eigenvalue weighted by molar-refractivity contribution is 6.00. The Hall–Kier alpha value is -3.37. The van der Waals surface area contributed by atoms with E-state index in [4.69, 9.17) is 0 Å². The second-order valence-electron chi connectivity index (χ2n) is 8.64. The van der Waals surface area contributed by atoms with E-state index >= 15 is 0 Å². The average molecular weight is 457 g/mol. The van der Waals surface area contributed by atoms with Crippen molar-refractivity contribution in [2.75, 3.05) is 29.4 Å². The first kappa shape index (κ1) is 21.5. The lowest BCUT2D eigenvalue weighted by molar-refractivity contribution is -0.126. The van der Waals surface area contributed by atoms with E-state index in [2.05, 4.69) is 15.1 Å². The molecule has 0 saturated carbocycles. The van der Waals surface area contributed by atoms with Gasteiger partial charge < -0.3 is 14.4 Å². The normalized spacial score (nSPS) is 18.2. The molecule has 3 aromatic heterocycles. The van der Waals surface area contributed by atoms with Crippen LogP contribution < -0.4 is 15.4 Å². The zero-order valence-electron chi connectivity index (χ0n) is 18.3. The fourth-order valence-electron chi connectivity index (χ4n) is 4.88. The topological polar surface area (TPSA) is 89.2 Å². The summed E-state index contributed by atoms with van der Waals surface area (Å²) in [5.41, 5.74) is 1.05. The molecule has 2 fully saturated rings. The van der Waals surface area contributed by atoms with Crippen LogP contribution in [0, 0.1) is 5.41 Å². The van der Waals surface area contributed by atoms with Crippen molar-refractivity contribution in [3.05, 3.63) is 41.1 Å². The Morgan fingerprint density at radius 3 is 2.58 bits per heavy atom. The van der Waals surface area contributed by atoms with E-state index in [0.29, 0.717) is 56.0 Å². The van der Waals surface area contributed by atoms with Crippen LogP contribution in [0.15, 0.2) is 35.5 Å². The first-order chi connectivity index (χ1) is 15.9. The third-order valence-corrected chi connectivity index (χ3v) is 6.82. The first-order valence-corrected chi connectivity index (χ1v) is 11.1. The molecular weight excluding hydrogens is 432 g/mol. The molecule has 0 bridgehead atoms. The highest BCUT2D eigenvalue weighted by Crippen LogP contribution is 2.43. The van der Waals surface area contributed by atoms with Crippen molar-refractivity contribution in [3.8, 4) is 0 Å². The number of alkyl halides is 2. The average Bonchev–Trinajstić information content (AvgIpc) is 3.35. The molecule has 11 heteroatoms. The van der Waals surface area contributed by atoms with Crippen molar-refractivity contribution in [1.29, 1.82) is 0 Å². The molecule has 0 radical (unpaired) electrons. The number of amides is 1. The van der Waals surface area contributed by atoms with Crippen LogP contribution in [0.5, 0.6) is 0 Å². The predicted octanol–water partition coefficient (Wildman–Crippen LogP) is 2.30. The first-order valence-electron chi connectivity index (χ1n) is 11.1. The molecule has 1 amide bonds. The van der Waals surface area contributed by atoms with E-state index in [0.717, 1.165) is 12.1 Å². The fraction of sp³-hybridized carbons (Fsp3) is 0.500. The van der Waals surface area contributed by atoms with Gasteiger partial charge in [0.1, 0.15) is 17.9 Å². The molecule has 1 spiro atoms. The lowest BCUT2D eigenvalue weighted by Gasteiger charge is -2.38. The van der Waals surface area contributed by atoms with Gasteiger partial charge in [-0.25, -0.2) is 23.4 Å². The Morgan fingerprint density at radius 2 is 1.85 bits per heavy atom. The Kier molecular flexibility index (Phi) is 5.34. The van der Waals surface area contributed by atoms with Crippen molar-refractivity contribution >= 4 is 28.6 Å². The molecule has 2 aliphatic rings. The van der Waals surface area contributed by atoms with Crippen LogP contribution in [-0.2, 0) is 17.9 Å². The number of nitrogens with zero attached hydrogens (tertiary/aromatic N) is 7. The van der Waals surface area contributed by atoms with Gasteiger partial charge in [0.2, 0.25) is 5.91 Å². The summed E-state index contributed by atoms with van der Waals surface area (Å²) >= 11 is 0. The maximum absolute atomic E-state index is 13.4. The molecule has 2 saturated heterocycles. The maximum atomic E-state index is 13.4. The monoisotopic (exact) mass is 457 g/mol. The van der Waals surface area contributed by atoms with Gasteiger partial charge in [-0.05, 0) is 32.3 Å². The summed E-state index contributed by atoms with van der Waals surface area (Å²) in [6, 6.07) is 3.22. The number of rotatable bonds is 5. The summed E-state index contributed by atoms with van der Waals surface area (Å²) in [6.45, 7) is 3.79. The minimum atomic E-state index is -2.53. The Bertz CT molecular complexity index is 1250. The van der Waals surface area contributed by atoms with Gasteiger partial charge in [-0.3, -0.25) is 9.59 Å². The van der Waals surface area contributed by atoms with Gasteiger partial charge in [0.25, 0.3) is 12.0 Å². The molecule has 0 N–H and O–H groups in total. The summed E-state index contributed by atoms with van der Waals surface area (Å²) in [5, 5.41) is 3.97. The summed E-state index contributed by atoms with van der Waals surface area (Å²) in [4.78, 5) is 38.0. The van der Waals surface area contributed by atoms with E-state index in [1.165, 1.54) is 16.9 Å². The Balaban J connectivity index is 1.32.